The maximum absolute atomic E-state index is 10.7. The average molecular weight is 481 g/mol. The van der Waals surface area contributed by atoms with Crippen LogP contribution >= 0.6 is 0 Å². The van der Waals surface area contributed by atoms with Crippen molar-refractivity contribution in [3.05, 3.63) is 70.3 Å². The van der Waals surface area contributed by atoms with Gasteiger partial charge in [0.15, 0.2) is 11.5 Å². The van der Waals surface area contributed by atoms with Crippen LogP contribution in [0.15, 0.2) is 42.5 Å². The van der Waals surface area contributed by atoms with Crippen molar-refractivity contribution in [3.8, 4) is 23.0 Å². The van der Waals surface area contributed by atoms with Crippen LogP contribution in [0, 0.1) is 0 Å². The molecule has 1 heterocycles. The molecule has 0 amide bonds. The second kappa shape index (κ2) is 9.98. The van der Waals surface area contributed by atoms with Crippen LogP contribution in [0.4, 0.5) is 0 Å². The summed E-state index contributed by atoms with van der Waals surface area (Å²) in [6, 6.07) is 5.05. The van der Waals surface area contributed by atoms with E-state index in [0.717, 1.165) is 40.7 Å². The van der Waals surface area contributed by atoms with Gasteiger partial charge in [-0.3, -0.25) is 0 Å². The quantitative estimate of drug-likeness (QED) is 0.329. The van der Waals surface area contributed by atoms with Gasteiger partial charge in [-0.1, -0.05) is 31.6 Å². The Kier molecular flexibility index (Phi) is 7.61. The first kappa shape index (κ1) is 26.7. The minimum Gasteiger partial charge on any atom is -0.508 e. The number of fused-ring (bicyclic) bond motifs is 1. The smallest absolute Gasteiger partial charge is 0.165 e. The molecule has 2 aromatic rings. The van der Waals surface area contributed by atoms with Crippen molar-refractivity contribution in [3.63, 3.8) is 0 Å². The van der Waals surface area contributed by atoms with Crippen molar-refractivity contribution in [1.82, 2.24) is 0 Å². The zero-order valence-electron chi connectivity index (χ0n) is 21.9. The summed E-state index contributed by atoms with van der Waals surface area (Å²) in [6.45, 7) is 15.4. The first-order valence-electron chi connectivity index (χ1n) is 12.3. The molecule has 0 bridgehead atoms. The Labute approximate surface area is 209 Å². The lowest BCUT2D eigenvalue weighted by Gasteiger charge is -2.24. The van der Waals surface area contributed by atoms with Crippen LogP contribution < -0.4 is 4.74 Å². The van der Waals surface area contributed by atoms with Gasteiger partial charge in [-0.2, -0.15) is 0 Å². The van der Waals surface area contributed by atoms with Crippen LogP contribution in [0.25, 0.3) is 0 Å². The summed E-state index contributed by atoms with van der Waals surface area (Å²) in [5.41, 5.74) is 4.41. The normalized spacial score (nSPS) is 15.5. The van der Waals surface area contributed by atoms with E-state index in [2.05, 4.69) is 26.5 Å². The number of aliphatic hydroxyl groups is 1. The number of allylic oxidation sites excluding steroid dienone is 3. The van der Waals surface area contributed by atoms with E-state index in [-0.39, 0.29) is 17.2 Å². The Morgan fingerprint density at radius 1 is 1.00 bits per heavy atom. The number of ether oxygens (including phenoxy) is 1. The lowest BCUT2D eigenvalue weighted by molar-refractivity contribution is -0.0235. The van der Waals surface area contributed by atoms with Crippen LogP contribution in [0.5, 0.6) is 23.0 Å². The predicted octanol–water partition coefficient (Wildman–Crippen LogP) is 6.03. The molecule has 0 aromatic heterocycles. The Morgan fingerprint density at radius 3 is 2.26 bits per heavy atom. The van der Waals surface area contributed by atoms with Gasteiger partial charge in [0.25, 0.3) is 0 Å². The summed E-state index contributed by atoms with van der Waals surface area (Å²) >= 11 is 0. The second-order valence-corrected chi connectivity index (χ2v) is 11.1. The van der Waals surface area contributed by atoms with E-state index in [1.54, 1.807) is 26.0 Å². The zero-order valence-corrected chi connectivity index (χ0v) is 21.9. The van der Waals surface area contributed by atoms with Gasteiger partial charge in [-0.15, -0.1) is 6.58 Å². The van der Waals surface area contributed by atoms with E-state index >= 15 is 0 Å². The van der Waals surface area contributed by atoms with Crippen molar-refractivity contribution < 1.29 is 25.2 Å². The van der Waals surface area contributed by atoms with Crippen LogP contribution in [0.1, 0.15) is 75.8 Å². The SMILES string of the molecule is C=CC(C)(C)c1cc(CCCc2cc(O)c3c(c2CC=C(C)C)C[C@H](C(C)(C)O)O3)c(O)cc1O. The summed E-state index contributed by atoms with van der Waals surface area (Å²) in [6.07, 6.45) is 6.90. The lowest BCUT2D eigenvalue weighted by Crippen LogP contribution is -2.39. The van der Waals surface area contributed by atoms with Gasteiger partial charge in [-0.25, -0.2) is 0 Å². The molecule has 190 valence electrons. The van der Waals surface area contributed by atoms with E-state index in [0.29, 0.717) is 25.0 Å². The minimum atomic E-state index is -1.02. The molecule has 0 unspecified atom stereocenters. The van der Waals surface area contributed by atoms with Gasteiger partial charge in [-0.05, 0) is 82.2 Å². The van der Waals surface area contributed by atoms with E-state index in [1.807, 2.05) is 19.9 Å². The maximum atomic E-state index is 10.7. The molecule has 4 N–H and O–H groups in total. The third-order valence-electron chi connectivity index (χ3n) is 7.02. The lowest BCUT2D eigenvalue weighted by atomic mass is 9.82. The van der Waals surface area contributed by atoms with E-state index in [1.165, 1.54) is 11.6 Å². The van der Waals surface area contributed by atoms with Crippen LogP contribution in [0.3, 0.4) is 0 Å². The molecular weight excluding hydrogens is 440 g/mol. The Balaban J connectivity index is 1.89. The number of aromatic hydroxyl groups is 3. The average Bonchev–Trinajstić information content (AvgIpc) is 3.21. The molecule has 1 aliphatic rings. The number of hydrogen-bond donors (Lipinski definition) is 4. The summed E-state index contributed by atoms with van der Waals surface area (Å²) in [5.74, 6) is 0.717. The molecule has 5 nitrogen and oxygen atoms in total. The summed E-state index contributed by atoms with van der Waals surface area (Å²) in [7, 11) is 0. The maximum Gasteiger partial charge on any atom is 0.165 e. The van der Waals surface area contributed by atoms with Gasteiger partial charge in [0.05, 0.1) is 5.60 Å². The van der Waals surface area contributed by atoms with Crippen molar-refractivity contribution in [1.29, 1.82) is 0 Å². The number of benzene rings is 2. The summed E-state index contributed by atoms with van der Waals surface area (Å²) < 4.78 is 5.98. The highest BCUT2D eigenvalue weighted by atomic mass is 16.5. The number of aryl methyl sites for hydroxylation is 2. The van der Waals surface area contributed by atoms with E-state index in [4.69, 9.17) is 4.74 Å². The van der Waals surface area contributed by atoms with Crippen LogP contribution in [-0.4, -0.2) is 32.1 Å². The van der Waals surface area contributed by atoms with Gasteiger partial charge in [0, 0.05) is 29.0 Å². The number of phenols is 3. The molecule has 1 aliphatic heterocycles. The van der Waals surface area contributed by atoms with E-state index in [9.17, 15) is 20.4 Å². The molecule has 0 saturated heterocycles. The molecule has 0 saturated carbocycles. The zero-order chi connectivity index (χ0) is 26.1. The number of hydrogen-bond acceptors (Lipinski definition) is 5. The van der Waals surface area contributed by atoms with Gasteiger partial charge >= 0.3 is 0 Å². The molecular formula is C30H40O5. The molecule has 2 aromatic carbocycles. The van der Waals surface area contributed by atoms with Crippen LogP contribution in [0.2, 0.25) is 0 Å². The summed E-state index contributed by atoms with van der Waals surface area (Å²) in [5, 5.41) is 42.1. The standard InChI is InChI=1S/C30H40O5/c1-8-29(4,5)23-14-20(24(31)17-25(23)32)11-9-10-19-15-26(33)28-22(21(19)13-12-18(2)3)16-27(35-28)30(6,7)34/h8,12,14-15,17,27,31-34H,1,9-11,13,16H2,2-7H3/t27-/m1/s1. The highest BCUT2D eigenvalue weighted by molar-refractivity contribution is 5.57. The first-order chi connectivity index (χ1) is 16.2. The topological polar surface area (TPSA) is 90.2 Å². The fourth-order valence-electron chi connectivity index (χ4n) is 4.62. The molecule has 3 rings (SSSR count). The third-order valence-corrected chi connectivity index (χ3v) is 7.02. The highest BCUT2D eigenvalue weighted by Crippen LogP contribution is 2.44. The van der Waals surface area contributed by atoms with Crippen LogP contribution in [-0.2, 0) is 31.1 Å². The molecule has 35 heavy (non-hydrogen) atoms. The Bertz CT molecular complexity index is 1130. The highest BCUT2D eigenvalue weighted by Gasteiger charge is 2.38. The van der Waals surface area contributed by atoms with Crippen molar-refractivity contribution in [2.45, 2.75) is 90.8 Å². The molecule has 0 spiro atoms. The van der Waals surface area contributed by atoms with Gasteiger partial charge in [0.1, 0.15) is 17.6 Å². The monoisotopic (exact) mass is 480 g/mol. The van der Waals surface area contributed by atoms with Gasteiger partial charge in [0.2, 0.25) is 0 Å². The minimum absolute atomic E-state index is 0.0602. The van der Waals surface area contributed by atoms with Crippen molar-refractivity contribution >= 4 is 0 Å². The third kappa shape index (κ3) is 5.84. The fourth-order valence-corrected chi connectivity index (χ4v) is 4.62. The molecule has 0 radical (unpaired) electrons. The second-order valence-electron chi connectivity index (χ2n) is 11.1. The molecule has 0 aliphatic carbocycles. The number of phenolic OH excluding ortho intramolecular Hbond substituents is 3. The molecule has 5 heteroatoms. The van der Waals surface area contributed by atoms with Crippen molar-refractivity contribution in [2.75, 3.05) is 0 Å². The molecule has 1 atom stereocenters. The largest absolute Gasteiger partial charge is 0.508 e. The van der Waals surface area contributed by atoms with Gasteiger partial charge < -0.3 is 25.2 Å². The van der Waals surface area contributed by atoms with E-state index < -0.39 is 17.1 Å². The Hall–Kier alpha value is -2.92. The molecule has 0 fully saturated rings. The van der Waals surface area contributed by atoms with Crippen molar-refractivity contribution in [2.24, 2.45) is 0 Å². The fraction of sp³-hybridized carbons (Fsp3) is 0.467. The first-order valence-corrected chi connectivity index (χ1v) is 12.3. The summed E-state index contributed by atoms with van der Waals surface area (Å²) in [4.78, 5) is 0. The number of rotatable bonds is 9. The predicted molar refractivity (Wildman–Crippen MR) is 141 cm³/mol. The Morgan fingerprint density at radius 2 is 1.66 bits per heavy atom.